The molecule has 1 atom stereocenters. The Balaban J connectivity index is 1.60. The van der Waals surface area contributed by atoms with Crippen LogP contribution in [0.25, 0.3) is 11.3 Å². The smallest absolute Gasteiger partial charge is 0.267 e. The maximum Gasteiger partial charge on any atom is 0.267 e. The van der Waals surface area contributed by atoms with Gasteiger partial charge in [0, 0.05) is 17.7 Å². The van der Waals surface area contributed by atoms with E-state index >= 15 is 0 Å². The van der Waals surface area contributed by atoms with Crippen LogP contribution in [0.2, 0.25) is 0 Å². The Hall–Kier alpha value is -3.41. The zero-order chi connectivity index (χ0) is 21.3. The minimum absolute atomic E-state index is 0.00250. The summed E-state index contributed by atoms with van der Waals surface area (Å²) in [7, 11) is 0. The number of rotatable bonds is 9. The number of aryl methyl sites for hydroxylation is 1. The average molecular weight is 405 g/mol. The lowest BCUT2D eigenvalue weighted by Crippen LogP contribution is -2.38. The van der Waals surface area contributed by atoms with Crippen molar-refractivity contribution in [1.29, 1.82) is 0 Å². The molecule has 2 aromatic carbocycles. The van der Waals surface area contributed by atoms with Gasteiger partial charge in [0.2, 0.25) is 5.91 Å². The fourth-order valence-corrected chi connectivity index (χ4v) is 3.16. The van der Waals surface area contributed by atoms with Gasteiger partial charge in [-0.1, -0.05) is 30.3 Å². The largest absolute Gasteiger partial charge is 0.494 e. The molecule has 6 nitrogen and oxygen atoms in total. The van der Waals surface area contributed by atoms with Gasteiger partial charge in [-0.05, 0) is 62.6 Å². The van der Waals surface area contributed by atoms with E-state index in [4.69, 9.17) is 4.74 Å². The summed E-state index contributed by atoms with van der Waals surface area (Å²) in [5.74, 6) is 0.549. The van der Waals surface area contributed by atoms with Crippen molar-refractivity contribution in [2.45, 2.75) is 39.3 Å². The lowest BCUT2D eigenvalue weighted by Gasteiger charge is -2.14. The van der Waals surface area contributed by atoms with Crippen molar-refractivity contribution in [3.8, 4) is 17.0 Å². The number of nitrogens with one attached hydrogen (secondary N) is 1. The van der Waals surface area contributed by atoms with Crippen molar-refractivity contribution in [1.82, 2.24) is 15.1 Å². The second-order valence-electron chi connectivity index (χ2n) is 7.16. The van der Waals surface area contributed by atoms with Gasteiger partial charge in [-0.2, -0.15) is 5.10 Å². The normalized spacial score (nSPS) is 11.7. The highest BCUT2D eigenvalue weighted by molar-refractivity contribution is 5.76. The third-order valence-corrected chi connectivity index (χ3v) is 4.74. The van der Waals surface area contributed by atoms with Gasteiger partial charge >= 0.3 is 0 Å². The van der Waals surface area contributed by atoms with E-state index in [0.29, 0.717) is 12.3 Å². The fourth-order valence-electron chi connectivity index (χ4n) is 3.16. The predicted molar refractivity (Wildman–Crippen MR) is 117 cm³/mol. The van der Waals surface area contributed by atoms with Crippen molar-refractivity contribution in [2.24, 2.45) is 0 Å². The molecule has 1 aromatic heterocycles. The highest BCUT2D eigenvalue weighted by Gasteiger charge is 2.11. The molecule has 3 aromatic rings. The molecule has 0 saturated carbocycles. The first kappa shape index (κ1) is 21.3. The molecule has 1 amide bonds. The number of nitrogens with zero attached hydrogens (tertiary/aromatic N) is 2. The number of hydrogen-bond donors (Lipinski definition) is 1. The third kappa shape index (κ3) is 6.04. The van der Waals surface area contributed by atoms with Crippen molar-refractivity contribution in [3.05, 3.63) is 82.6 Å². The first-order chi connectivity index (χ1) is 14.5. The van der Waals surface area contributed by atoms with E-state index in [1.165, 1.54) is 16.3 Å². The molecule has 30 heavy (non-hydrogen) atoms. The maximum atomic E-state index is 12.4. The number of benzene rings is 2. The van der Waals surface area contributed by atoms with Gasteiger partial charge in [0.05, 0.1) is 12.3 Å². The highest BCUT2D eigenvalue weighted by Crippen LogP contribution is 2.19. The van der Waals surface area contributed by atoms with Crippen LogP contribution in [0.4, 0.5) is 0 Å². The van der Waals surface area contributed by atoms with Crippen LogP contribution in [0.15, 0.2) is 71.5 Å². The summed E-state index contributed by atoms with van der Waals surface area (Å²) in [5.41, 5.74) is 2.41. The molecule has 1 unspecified atom stereocenters. The molecule has 1 N–H and O–H groups in total. The molecular weight excluding hydrogens is 378 g/mol. The first-order valence-electron chi connectivity index (χ1n) is 10.2. The number of aromatic nitrogens is 2. The lowest BCUT2D eigenvalue weighted by atomic mass is 10.1. The van der Waals surface area contributed by atoms with Crippen LogP contribution in [-0.2, 0) is 17.8 Å². The topological polar surface area (TPSA) is 73.2 Å². The summed E-state index contributed by atoms with van der Waals surface area (Å²) >= 11 is 0. The van der Waals surface area contributed by atoms with E-state index in [-0.39, 0.29) is 24.1 Å². The number of carbonyl (C=O) groups excluding carboxylic acids is 1. The Kier molecular flexibility index (Phi) is 7.38. The van der Waals surface area contributed by atoms with E-state index in [2.05, 4.69) is 22.5 Å². The number of ether oxygens (including phenoxy) is 1. The van der Waals surface area contributed by atoms with Crippen LogP contribution in [0, 0.1) is 0 Å². The van der Waals surface area contributed by atoms with Gasteiger partial charge in [0.1, 0.15) is 12.3 Å². The lowest BCUT2D eigenvalue weighted by molar-refractivity contribution is -0.122. The Labute approximate surface area is 176 Å². The Morgan fingerprint density at radius 2 is 1.80 bits per heavy atom. The van der Waals surface area contributed by atoms with Crippen LogP contribution >= 0.6 is 0 Å². The van der Waals surface area contributed by atoms with Crippen molar-refractivity contribution in [3.63, 3.8) is 0 Å². The standard InChI is InChI=1S/C24H27N3O3/c1-3-30-21-13-11-20(12-14-21)22-15-16-24(29)27(26-22)17-23(28)25-18(2)9-10-19-7-5-4-6-8-19/h4-8,11-16,18H,3,9-10,17H2,1-2H3,(H,25,28). The summed E-state index contributed by atoms with van der Waals surface area (Å²) in [6, 6.07) is 20.7. The van der Waals surface area contributed by atoms with Crippen LogP contribution in [-0.4, -0.2) is 28.3 Å². The predicted octanol–water partition coefficient (Wildman–Crippen LogP) is 3.45. The molecule has 0 radical (unpaired) electrons. The van der Waals surface area contributed by atoms with E-state index in [9.17, 15) is 9.59 Å². The number of carbonyl (C=O) groups is 1. The summed E-state index contributed by atoms with van der Waals surface area (Å²) < 4.78 is 6.65. The molecule has 1 heterocycles. The van der Waals surface area contributed by atoms with Gasteiger partial charge in [-0.15, -0.1) is 0 Å². The van der Waals surface area contributed by atoms with Crippen molar-refractivity contribution >= 4 is 5.91 Å². The Bertz CT molecular complexity index is 1010. The Morgan fingerprint density at radius 3 is 2.50 bits per heavy atom. The third-order valence-electron chi connectivity index (χ3n) is 4.74. The molecule has 0 aliphatic carbocycles. The van der Waals surface area contributed by atoms with E-state index < -0.39 is 0 Å². The quantitative estimate of drug-likeness (QED) is 0.592. The second-order valence-corrected chi connectivity index (χ2v) is 7.16. The molecule has 0 bridgehead atoms. The summed E-state index contributed by atoms with van der Waals surface area (Å²) in [5, 5.41) is 7.31. The van der Waals surface area contributed by atoms with Crippen LogP contribution in [0.1, 0.15) is 25.8 Å². The van der Waals surface area contributed by atoms with Gasteiger partial charge < -0.3 is 10.1 Å². The molecule has 0 aliphatic heterocycles. The van der Waals surface area contributed by atoms with Gasteiger partial charge in [0.25, 0.3) is 5.56 Å². The van der Waals surface area contributed by atoms with Crippen LogP contribution < -0.4 is 15.6 Å². The van der Waals surface area contributed by atoms with Crippen molar-refractivity contribution < 1.29 is 9.53 Å². The Morgan fingerprint density at radius 1 is 1.07 bits per heavy atom. The molecule has 6 heteroatoms. The van der Waals surface area contributed by atoms with Crippen LogP contribution in [0.5, 0.6) is 5.75 Å². The number of hydrogen-bond acceptors (Lipinski definition) is 4. The monoisotopic (exact) mass is 405 g/mol. The highest BCUT2D eigenvalue weighted by atomic mass is 16.5. The fraction of sp³-hybridized carbons (Fsp3) is 0.292. The summed E-state index contributed by atoms with van der Waals surface area (Å²) in [6.45, 7) is 4.38. The van der Waals surface area contributed by atoms with Gasteiger partial charge in [-0.25, -0.2) is 4.68 Å². The second kappa shape index (κ2) is 10.4. The zero-order valence-electron chi connectivity index (χ0n) is 17.4. The molecule has 3 rings (SSSR count). The first-order valence-corrected chi connectivity index (χ1v) is 10.2. The molecule has 0 aliphatic rings. The minimum atomic E-state index is -0.309. The van der Waals surface area contributed by atoms with E-state index in [1.807, 2.05) is 56.3 Å². The summed E-state index contributed by atoms with van der Waals surface area (Å²) in [4.78, 5) is 24.6. The zero-order valence-corrected chi connectivity index (χ0v) is 17.4. The molecule has 0 spiro atoms. The molecule has 156 valence electrons. The molecule has 0 saturated heterocycles. The minimum Gasteiger partial charge on any atom is -0.494 e. The van der Waals surface area contributed by atoms with Gasteiger partial charge in [0.15, 0.2) is 0 Å². The van der Waals surface area contributed by atoms with Crippen molar-refractivity contribution in [2.75, 3.05) is 6.61 Å². The maximum absolute atomic E-state index is 12.4. The van der Waals surface area contributed by atoms with Gasteiger partial charge in [-0.3, -0.25) is 9.59 Å². The molecule has 0 fully saturated rings. The van der Waals surface area contributed by atoms with E-state index in [0.717, 1.165) is 24.2 Å². The average Bonchev–Trinajstić information content (AvgIpc) is 2.75. The van der Waals surface area contributed by atoms with E-state index in [1.54, 1.807) is 6.07 Å². The SMILES string of the molecule is CCOc1ccc(-c2ccc(=O)n(CC(=O)NC(C)CCc3ccccc3)n2)cc1. The van der Waals surface area contributed by atoms with Crippen LogP contribution in [0.3, 0.4) is 0 Å². The number of amides is 1. The summed E-state index contributed by atoms with van der Waals surface area (Å²) in [6.07, 6.45) is 1.71. The molecular formula is C24H27N3O3.